The highest BCUT2D eigenvalue weighted by molar-refractivity contribution is 5.94. The molecule has 3 rings (SSSR count). The Morgan fingerprint density at radius 1 is 0.964 bits per heavy atom. The first-order valence-corrected chi connectivity index (χ1v) is 10.0. The van der Waals surface area contributed by atoms with Gasteiger partial charge in [0.2, 0.25) is 5.91 Å². The molecule has 5 nitrogen and oxygen atoms in total. The average Bonchev–Trinajstić information content (AvgIpc) is 3.21. The minimum Gasteiger partial charge on any atom is -0.352 e. The van der Waals surface area contributed by atoms with E-state index in [9.17, 15) is 9.59 Å². The summed E-state index contributed by atoms with van der Waals surface area (Å²) in [6.45, 7) is 5.61. The molecule has 1 aliphatic heterocycles. The van der Waals surface area contributed by atoms with Gasteiger partial charge in [0.15, 0.2) is 0 Å². The van der Waals surface area contributed by atoms with Gasteiger partial charge in [0.1, 0.15) is 0 Å². The maximum atomic E-state index is 12.3. The molecule has 0 saturated carbocycles. The first kappa shape index (κ1) is 20.1. The summed E-state index contributed by atoms with van der Waals surface area (Å²) in [4.78, 5) is 27.0. The number of hydrogen-bond donors (Lipinski definition) is 2. The van der Waals surface area contributed by atoms with Crippen LogP contribution in [0.2, 0.25) is 0 Å². The second-order valence-corrected chi connectivity index (χ2v) is 7.47. The topological polar surface area (TPSA) is 61.4 Å². The Morgan fingerprint density at radius 2 is 1.61 bits per heavy atom. The molecule has 2 aromatic rings. The highest BCUT2D eigenvalue weighted by Gasteiger charge is 2.15. The fraction of sp³-hybridized carbons (Fsp3) is 0.391. The van der Waals surface area contributed by atoms with E-state index in [0.717, 1.165) is 25.2 Å². The van der Waals surface area contributed by atoms with Gasteiger partial charge < -0.3 is 10.6 Å². The van der Waals surface area contributed by atoms with Gasteiger partial charge in [-0.25, -0.2) is 0 Å². The van der Waals surface area contributed by atoms with Crippen molar-refractivity contribution in [1.82, 2.24) is 15.5 Å². The number of benzene rings is 2. The molecular formula is C23H29N3O2. The van der Waals surface area contributed by atoms with E-state index in [4.69, 9.17) is 0 Å². The molecule has 1 saturated heterocycles. The van der Waals surface area contributed by atoms with E-state index in [1.165, 1.54) is 18.4 Å². The third-order valence-corrected chi connectivity index (χ3v) is 5.09. The number of likely N-dealkylation sites (tertiary alicyclic amines) is 1. The molecule has 2 amide bonds. The quantitative estimate of drug-likeness (QED) is 0.741. The van der Waals surface area contributed by atoms with Gasteiger partial charge in [-0.15, -0.1) is 0 Å². The van der Waals surface area contributed by atoms with Gasteiger partial charge >= 0.3 is 0 Å². The Morgan fingerprint density at radius 3 is 2.32 bits per heavy atom. The van der Waals surface area contributed by atoms with Gasteiger partial charge in [-0.2, -0.15) is 0 Å². The van der Waals surface area contributed by atoms with Gasteiger partial charge in [0.25, 0.3) is 5.91 Å². The molecule has 28 heavy (non-hydrogen) atoms. The van der Waals surface area contributed by atoms with Gasteiger partial charge in [-0.1, -0.05) is 42.5 Å². The first-order valence-electron chi connectivity index (χ1n) is 10.0. The van der Waals surface area contributed by atoms with Crippen LogP contribution >= 0.6 is 0 Å². The van der Waals surface area contributed by atoms with Crippen LogP contribution in [0.25, 0.3) is 0 Å². The van der Waals surface area contributed by atoms with Crippen LogP contribution in [-0.4, -0.2) is 35.8 Å². The zero-order valence-corrected chi connectivity index (χ0v) is 16.5. The van der Waals surface area contributed by atoms with Crippen molar-refractivity contribution in [2.24, 2.45) is 0 Å². The SMILES string of the molecule is C[C@H](CC(=O)NCc1ccccc1CN1CCCC1)NC(=O)c1ccccc1. The predicted octanol–water partition coefficient (Wildman–Crippen LogP) is 3.11. The molecule has 0 aliphatic carbocycles. The van der Waals surface area contributed by atoms with Crippen LogP contribution in [0, 0.1) is 0 Å². The molecule has 0 bridgehead atoms. The molecule has 1 atom stereocenters. The first-order chi connectivity index (χ1) is 13.6. The maximum Gasteiger partial charge on any atom is 0.251 e. The number of rotatable bonds is 8. The zero-order valence-electron chi connectivity index (χ0n) is 16.5. The lowest BCUT2D eigenvalue weighted by Crippen LogP contribution is -2.37. The number of amides is 2. The molecular weight excluding hydrogens is 350 g/mol. The third kappa shape index (κ3) is 5.92. The molecule has 1 heterocycles. The Balaban J connectivity index is 1.47. The third-order valence-electron chi connectivity index (χ3n) is 5.09. The average molecular weight is 380 g/mol. The van der Waals surface area contributed by atoms with Crippen LogP contribution < -0.4 is 10.6 Å². The highest BCUT2D eigenvalue weighted by atomic mass is 16.2. The van der Waals surface area contributed by atoms with Crippen molar-refractivity contribution in [3.63, 3.8) is 0 Å². The van der Waals surface area contributed by atoms with E-state index >= 15 is 0 Å². The van der Waals surface area contributed by atoms with Crippen LogP contribution in [0.4, 0.5) is 0 Å². The molecule has 1 fully saturated rings. The van der Waals surface area contributed by atoms with E-state index in [-0.39, 0.29) is 24.3 Å². The number of nitrogens with one attached hydrogen (secondary N) is 2. The molecule has 0 aromatic heterocycles. The van der Waals surface area contributed by atoms with Crippen molar-refractivity contribution in [2.75, 3.05) is 13.1 Å². The van der Waals surface area contributed by atoms with Crippen LogP contribution in [0.15, 0.2) is 54.6 Å². The summed E-state index contributed by atoms with van der Waals surface area (Å²) in [5.41, 5.74) is 3.03. The lowest BCUT2D eigenvalue weighted by molar-refractivity contribution is -0.121. The van der Waals surface area contributed by atoms with Crippen LogP contribution in [0.1, 0.15) is 47.7 Å². The minimum atomic E-state index is -0.229. The maximum absolute atomic E-state index is 12.3. The molecule has 0 unspecified atom stereocenters. The van der Waals surface area contributed by atoms with E-state index in [1.54, 1.807) is 12.1 Å². The van der Waals surface area contributed by atoms with Crippen molar-refractivity contribution in [1.29, 1.82) is 0 Å². The summed E-state index contributed by atoms with van der Waals surface area (Å²) >= 11 is 0. The number of hydrogen-bond acceptors (Lipinski definition) is 3. The fourth-order valence-electron chi connectivity index (χ4n) is 3.56. The van der Waals surface area contributed by atoms with Crippen molar-refractivity contribution in [3.05, 3.63) is 71.3 Å². The second-order valence-electron chi connectivity index (χ2n) is 7.47. The summed E-state index contributed by atoms with van der Waals surface area (Å²) in [5.74, 6) is -0.214. The van der Waals surface area contributed by atoms with Crippen LogP contribution in [0.5, 0.6) is 0 Å². The Hall–Kier alpha value is -2.66. The Kier molecular flexibility index (Phi) is 7.20. The Bertz CT molecular complexity index is 785. The summed E-state index contributed by atoms with van der Waals surface area (Å²) in [6, 6.07) is 17.1. The van der Waals surface area contributed by atoms with Crippen molar-refractivity contribution in [2.45, 2.75) is 45.3 Å². The number of carbonyl (C=O) groups is 2. The van der Waals surface area contributed by atoms with E-state index in [1.807, 2.05) is 31.2 Å². The molecule has 1 aliphatic rings. The summed E-state index contributed by atoms with van der Waals surface area (Å²) in [7, 11) is 0. The summed E-state index contributed by atoms with van der Waals surface area (Å²) in [6.07, 6.45) is 2.80. The van der Waals surface area contributed by atoms with E-state index < -0.39 is 0 Å². The summed E-state index contributed by atoms with van der Waals surface area (Å²) in [5, 5.41) is 5.88. The van der Waals surface area contributed by atoms with Gasteiger partial charge in [-0.3, -0.25) is 14.5 Å². The smallest absolute Gasteiger partial charge is 0.251 e. The molecule has 2 aromatic carbocycles. The highest BCUT2D eigenvalue weighted by Crippen LogP contribution is 2.16. The molecule has 2 N–H and O–H groups in total. The zero-order chi connectivity index (χ0) is 19.8. The van der Waals surface area contributed by atoms with Gasteiger partial charge in [0.05, 0.1) is 0 Å². The van der Waals surface area contributed by atoms with Gasteiger partial charge in [0, 0.05) is 31.1 Å². The van der Waals surface area contributed by atoms with Crippen molar-refractivity contribution >= 4 is 11.8 Å². The fourth-order valence-corrected chi connectivity index (χ4v) is 3.56. The molecule has 148 valence electrons. The second kappa shape index (κ2) is 10.0. The summed E-state index contributed by atoms with van der Waals surface area (Å²) < 4.78 is 0. The normalized spacial score (nSPS) is 15.2. The van der Waals surface area contributed by atoms with Crippen LogP contribution in [0.3, 0.4) is 0 Å². The standard InChI is InChI=1S/C23H29N3O2/c1-18(25-23(28)19-9-3-2-4-10-19)15-22(27)24-16-20-11-5-6-12-21(20)17-26-13-7-8-14-26/h2-6,9-12,18H,7-8,13-17H2,1H3,(H,24,27)(H,25,28)/t18-/m1/s1. The molecule has 5 heteroatoms. The lowest BCUT2D eigenvalue weighted by Gasteiger charge is -2.18. The van der Waals surface area contributed by atoms with Crippen molar-refractivity contribution < 1.29 is 9.59 Å². The monoisotopic (exact) mass is 379 g/mol. The number of nitrogens with zero attached hydrogens (tertiary/aromatic N) is 1. The van der Waals surface area contributed by atoms with Crippen molar-refractivity contribution in [3.8, 4) is 0 Å². The lowest BCUT2D eigenvalue weighted by atomic mass is 10.1. The van der Waals surface area contributed by atoms with E-state index in [0.29, 0.717) is 12.1 Å². The Labute approximate surface area is 167 Å². The van der Waals surface area contributed by atoms with Crippen LogP contribution in [-0.2, 0) is 17.9 Å². The molecule has 0 spiro atoms. The predicted molar refractivity (Wildman–Crippen MR) is 111 cm³/mol. The minimum absolute atomic E-state index is 0.0585. The molecule has 0 radical (unpaired) electrons. The van der Waals surface area contributed by atoms with Gasteiger partial charge in [-0.05, 0) is 56.1 Å². The van der Waals surface area contributed by atoms with E-state index in [2.05, 4.69) is 33.7 Å². The largest absolute Gasteiger partial charge is 0.352 e. The number of carbonyl (C=O) groups excluding carboxylic acids is 2.